The number of Topliss-reactive ketones (excluding diaryl/α,β-unsaturated/α-hetero) is 1. The largest absolute Gasteiger partial charge is 0.454 e. The molecule has 2 aromatic carbocycles. The van der Waals surface area contributed by atoms with Crippen molar-refractivity contribution in [1.82, 2.24) is 4.57 Å². The van der Waals surface area contributed by atoms with Gasteiger partial charge in [-0.25, -0.2) is 4.79 Å². The van der Waals surface area contributed by atoms with Crippen molar-refractivity contribution in [2.75, 3.05) is 13.4 Å². The Morgan fingerprint density at radius 1 is 1.09 bits per heavy atom. The van der Waals surface area contributed by atoms with Gasteiger partial charge in [-0.1, -0.05) is 11.6 Å². The molecule has 0 saturated carbocycles. The third-order valence-electron chi connectivity index (χ3n) is 5.06. The highest BCUT2D eigenvalue weighted by atomic mass is 35.5. The van der Waals surface area contributed by atoms with E-state index in [2.05, 4.69) is 0 Å². The lowest BCUT2D eigenvalue weighted by Gasteiger charge is -2.11. The molecule has 0 bridgehead atoms. The molecule has 0 spiro atoms. The maximum absolute atomic E-state index is 12.8. The predicted molar refractivity (Wildman–Crippen MR) is 114 cm³/mol. The van der Waals surface area contributed by atoms with Crippen LogP contribution in [-0.4, -0.2) is 34.6 Å². The van der Waals surface area contributed by atoms with Gasteiger partial charge in [-0.15, -0.1) is 0 Å². The Morgan fingerprint density at radius 3 is 2.59 bits per heavy atom. The number of nitro groups is 1. The Kier molecular flexibility index (Phi) is 5.58. The van der Waals surface area contributed by atoms with E-state index in [1.165, 1.54) is 12.1 Å². The summed E-state index contributed by atoms with van der Waals surface area (Å²) in [5.41, 5.74) is 1.84. The van der Waals surface area contributed by atoms with Crippen LogP contribution in [0.3, 0.4) is 0 Å². The Hall–Kier alpha value is -3.85. The lowest BCUT2D eigenvalue weighted by molar-refractivity contribution is -0.385. The fraction of sp³-hybridized carbons (Fsp3) is 0.182. The fourth-order valence-electron chi connectivity index (χ4n) is 3.58. The standard InChI is InChI=1S/C22H17ClN2O7/c1-12-7-17(13(2)24(12)15-4-6-20-21(9-15)32-11-31-20)19(26)10-30-22(27)16-5-3-14(23)8-18(16)25(28)29/h3-9H,10-11H2,1-2H3. The summed E-state index contributed by atoms with van der Waals surface area (Å²) in [6.07, 6.45) is 0. The molecule has 1 aliphatic rings. The summed E-state index contributed by atoms with van der Waals surface area (Å²) in [5, 5.41) is 11.3. The summed E-state index contributed by atoms with van der Waals surface area (Å²) in [6.45, 7) is 3.21. The van der Waals surface area contributed by atoms with Gasteiger partial charge in [-0.2, -0.15) is 0 Å². The van der Waals surface area contributed by atoms with E-state index in [9.17, 15) is 19.7 Å². The van der Waals surface area contributed by atoms with E-state index in [1.54, 1.807) is 19.1 Å². The summed E-state index contributed by atoms with van der Waals surface area (Å²) >= 11 is 5.76. The van der Waals surface area contributed by atoms with Gasteiger partial charge in [0.25, 0.3) is 5.69 Å². The number of aryl methyl sites for hydroxylation is 1. The van der Waals surface area contributed by atoms with Gasteiger partial charge < -0.3 is 18.8 Å². The Balaban J connectivity index is 1.53. The normalized spacial score (nSPS) is 12.0. The number of rotatable bonds is 6. The molecule has 9 nitrogen and oxygen atoms in total. The third-order valence-corrected chi connectivity index (χ3v) is 5.29. The van der Waals surface area contributed by atoms with Crippen LogP contribution in [0.5, 0.6) is 11.5 Å². The number of ketones is 1. The number of carbonyl (C=O) groups excluding carboxylic acids is 2. The number of esters is 1. The van der Waals surface area contributed by atoms with Crippen LogP contribution in [0.1, 0.15) is 32.1 Å². The molecule has 0 aliphatic carbocycles. The lowest BCUT2D eigenvalue weighted by Crippen LogP contribution is -2.16. The number of nitro benzene ring substituents is 1. The first-order chi connectivity index (χ1) is 15.3. The molecule has 3 aromatic rings. The van der Waals surface area contributed by atoms with Crippen LogP contribution >= 0.6 is 11.6 Å². The van der Waals surface area contributed by atoms with Gasteiger partial charge >= 0.3 is 5.97 Å². The van der Waals surface area contributed by atoms with Crippen LogP contribution in [0.2, 0.25) is 5.02 Å². The number of halogens is 1. The molecule has 0 saturated heterocycles. The first-order valence-electron chi connectivity index (χ1n) is 9.49. The number of nitrogens with zero attached hydrogens (tertiary/aromatic N) is 2. The molecular weight excluding hydrogens is 440 g/mol. The summed E-state index contributed by atoms with van der Waals surface area (Å²) in [5.74, 6) is -0.154. The Morgan fingerprint density at radius 2 is 1.84 bits per heavy atom. The van der Waals surface area contributed by atoms with Crippen molar-refractivity contribution < 1.29 is 28.7 Å². The third kappa shape index (κ3) is 3.90. The highest BCUT2D eigenvalue weighted by Gasteiger charge is 2.24. The minimum absolute atomic E-state index is 0.111. The average Bonchev–Trinajstić information content (AvgIpc) is 3.34. The van der Waals surface area contributed by atoms with Gasteiger partial charge in [0, 0.05) is 39.8 Å². The van der Waals surface area contributed by atoms with Crippen molar-refractivity contribution in [3.63, 3.8) is 0 Å². The van der Waals surface area contributed by atoms with Crippen molar-refractivity contribution in [3.05, 3.63) is 80.1 Å². The number of carbonyl (C=O) groups is 2. The monoisotopic (exact) mass is 456 g/mol. The summed E-state index contributed by atoms with van der Waals surface area (Å²) < 4.78 is 17.7. The van der Waals surface area contributed by atoms with Gasteiger partial charge in [0.2, 0.25) is 12.6 Å². The zero-order chi connectivity index (χ0) is 23.0. The van der Waals surface area contributed by atoms with E-state index >= 15 is 0 Å². The van der Waals surface area contributed by atoms with Gasteiger partial charge in [-0.3, -0.25) is 14.9 Å². The molecule has 2 heterocycles. The summed E-state index contributed by atoms with van der Waals surface area (Å²) in [4.78, 5) is 35.6. The highest BCUT2D eigenvalue weighted by Crippen LogP contribution is 2.35. The van der Waals surface area contributed by atoms with Crippen LogP contribution < -0.4 is 9.47 Å². The smallest absolute Gasteiger partial charge is 0.345 e. The van der Waals surface area contributed by atoms with Crippen LogP contribution in [-0.2, 0) is 4.74 Å². The molecule has 1 aromatic heterocycles. The van der Waals surface area contributed by atoms with Gasteiger partial charge in [0.1, 0.15) is 5.56 Å². The first kappa shape index (κ1) is 21.4. The summed E-state index contributed by atoms with van der Waals surface area (Å²) in [7, 11) is 0. The number of hydrogen-bond donors (Lipinski definition) is 0. The molecule has 0 amide bonds. The SMILES string of the molecule is Cc1cc(C(=O)COC(=O)c2ccc(Cl)cc2[N+](=O)[O-])c(C)n1-c1ccc2c(c1)OCO2. The average molecular weight is 457 g/mol. The van der Waals surface area contributed by atoms with Gasteiger partial charge in [-0.05, 0) is 44.2 Å². The topological polar surface area (TPSA) is 110 Å². The van der Waals surface area contributed by atoms with E-state index in [0.29, 0.717) is 22.8 Å². The minimum atomic E-state index is -0.980. The zero-order valence-corrected chi connectivity index (χ0v) is 17.8. The lowest BCUT2D eigenvalue weighted by atomic mass is 10.1. The molecule has 0 radical (unpaired) electrons. The van der Waals surface area contributed by atoms with Crippen LogP contribution in [0, 0.1) is 24.0 Å². The minimum Gasteiger partial charge on any atom is -0.454 e. The molecule has 0 atom stereocenters. The van der Waals surface area contributed by atoms with Crippen molar-refractivity contribution >= 4 is 29.0 Å². The van der Waals surface area contributed by atoms with Crippen molar-refractivity contribution in [3.8, 4) is 17.2 Å². The number of benzene rings is 2. The molecule has 32 heavy (non-hydrogen) atoms. The molecule has 0 N–H and O–H groups in total. The Bertz CT molecular complexity index is 1270. The molecule has 4 rings (SSSR count). The van der Waals surface area contributed by atoms with Crippen molar-refractivity contribution in [2.24, 2.45) is 0 Å². The van der Waals surface area contributed by atoms with Crippen molar-refractivity contribution in [1.29, 1.82) is 0 Å². The molecular formula is C22H17ClN2O7. The zero-order valence-electron chi connectivity index (χ0n) is 17.1. The van der Waals surface area contributed by atoms with E-state index < -0.39 is 29.0 Å². The predicted octanol–water partition coefficient (Wildman–Crippen LogP) is 4.42. The second-order valence-corrected chi connectivity index (χ2v) is 7.51. The number of ether oxygens (including phenoxy) is 3. The van der Waals surface area contributed by atoms with Crippen molar-refractivity contribution in [2.45, 2.75) is 13.8 Å². The van der Waals surface area contributed by atoms with Crippen LogP contribution in [0.25, 0.3) is 5.69 Å². The first-order valence-corrected chi connectivity index (χ1v) is 9.87. The van der Waals surface area contributed by atoms with E-state index in [-0.39, 0.29) is 17.4 Å². The van der Waals surface area contributed by atoms with E-state index in [1.807, 2.05) is 23.6 Å². The second-order valence-electron chi connectivity index (χ2n) is 7.08. The molecule has 0 unspecified atom stereocenters. The maximum Gasteiger partial charge on any atom is 0.345 e. The fourth-order valence-corrected chi connectivity index (χ4v) is 3.75. The molecule has 164 valence electrons. The van der Waals surface area contributed by atoms with Gasteiger partial charge in [0.15, 0.2) is 18.1 Å². The van der Waals surface area contributed by atoms with E-state index in [4.69, 9.17) is 25.8 Å². The molecule has 1 aliphatic heterocycles. The number of hydrogen-bond acceptors (Lipinski definition) is 7. The summed E-state index contributed by atoms with van der Waals surface area (Å²) in [6, 6.07) is 10.7. The number of aromatic nitrogens is 1. The maximum atomic E-state index is 12.8. The number of fused-ring (bicyclic) bond motifs is 1. The molecule has 10 heteroatoms. The quantitative estimate of drug-likeness (QED) is 0.233. The van der Waals surface area contributed by atoms with E-state index in [0.717, 1.165) is 17.4 Å². The van der Waals surface area contributed by atoms with Gasteiger partial charge in [0.05, 0.1) is 4.92 Å². The van der Waals surface area contributed by atoms with Crippen LogP contribution in [0.4, 0.5) is 5.69 Å². The Labute approximate surface area is 187 Å². The molecule has 0 fully saturated rings. The highest BCUT2D eigenvalue weighted by molar-refractivity contribution is 6.31. The second kappa shape index (κ2) is 8.35. The van der Waals surface area contributed by atoms with Crippen LogP contribution in [0.15, 0.2) is 42.5 Å².